The third-order valence-electron chi connectivity index (χ3n) is 3.88. The molecule has 0 radical (unpaired) electrons. The second-order valence-corrected chi connectivity index (χ2v) is 5.34. The molecule has 2 rings (SSSR count). The first-order valence-corrected chi connectivity index (χ1v) is 6.07. The smallest absolute Gasteiger partial charge is 0.0471 e. The van der Waals surface area contributed by atoms with Crippen molar-refractivity contribution in [2.75, 3.05) is 26.3 Å². The summed E-state index contributed by atoms with van der Waals surface area (Å²) < 4.78 is 5.44. The third kappa shape index (κ3) is 2.71. The fourth-order valence-corrected chi connectivity index (χ4v) is 2.86. The molecular formula is C12H23NO. The molecule has 1 N–H and O–H groups in total. The Labute approximate surface area is 87.4 Å². The molecular weight excluding hydrogens is 174 g/mol. The molecule has 82 valence electrons. The highest BCUT2D eigenvalue weighted by atomic mass is 16.5. The van der Waals surface area contributed by atoms with E-state index in [1.54, 1.807) is 0 Å². The van der Waals surface area contributed by atoms with E-state index in [0.717, 1.165) is 19.1 Å². The summed E-state index contributed by atoms with van der Waals surface area (Å²) in [6.45, 7) is 6.89. The molecule has 2 aliphatic heterocycles. The van der Waals surface area contributed by atoms with Crippen LogP contribution >= 0.6 is 0 Å². The maximum absolute atomic E-state index is 5.44. The highest BCUT2D eigenvalue weighted by Crippen LogP contribution is 2.37. The molecule has 2 aliphatic rings. The van der Waals surface area contributed by atoms with Crippen LogP contribution in [0.4, 0.5) is 0 Å². The topological polar surface area (TPSA) is 21.3 Å². The summed E-state index contributed by atoms with van der Waals surface area (Å²) in [6, 6.07) is 0. The second-order valence-electron chi connectivity index (χ2n) is 5.34. The van der Waals surface area contributed by atoms with E-state index >= 15 is 0 Å². The normalized spacial score (nSPS) is 32.8. The molecule has 2 fully saturated rings. The minimum Gasteiger partial charge on any atom is -0.381 e. The van der Waals surface area contributed by atoms with Gasteiger partial charge in [-0.15, -0.1) is 0 Å². The molecule has 0 aliphatic carbocycles. The van der Waals surface area contributed by atoms with Gasteiger partial charge >= 0.3 is 0 Å². The summed E-state index contributed by atoms with van der Waals surface area (Å²) in [5, 5.41) is 3.51. The van der Waals surface area contributed by atoms with Gasteiger partial charge in [-0.05, 0) is 56.5 Å². The largest absolute Gasteiger partial charge is 0.381 e. The Morgan fingerprint density at radius 3 is 2.79 bits per heavy atom. The lowest BCUT2D eigenvalue weighted by Crippen LogP contribution is -2.35. The quantitative estimate of drug-likeness (QED) is 0.732. The van der Waals surface area contributed by atoms with Crippen LogP contribution in [0.15, 0.2) is 0 Å². The van der Waals surface area contributed by atoms with Gasteiger partial charge in [0.05, 0.1) is 0 Å². The SMILES string of the molecule is CC1(CC2CCCNC2)CCOCC1. The first kappa shape index (κ1) is 10.4. The van der Waals surface area contributed by atoms with Gasteiger partial charge in [0.2, 0.25) is 0 Å². The lowest BCUT2D eigenvalue weighted by molar-refractivity contribution is 0.00992. The third-order valence-corrected chi connectivity index (χ3v) is 3.88. The molecule has 2 nitrogen and oxygen atoms in total. The Balaban J connectivity index is 1.81. The molecule has 0 amide bonds. The van der Waals surface area contributed by atoms with Gasteiger partial charge in [-0.2, -0.15) is 0 Å². The van der Waals surface area contributed by atoms with Gasteiger partial charge in [-0.3, -0.25) is 0 Å². The molecule has 14 heavy (non-hydrogen) atoms. The monoisotopic (exact) mass is 197 g/mol. The zero-order valence-corrected chi connectivity index (χ0v) is 9.35. The van der Waals surface area contributed by atoms with Gasteiger partial charge in [-0.1, -0.05) is 6.92 Å². The van der Waals surface area contributed by atoms with Gasteiger partial charge in [0.15, 0.2) is 0 Å². The van der Waals surface area contributed by atoms with E-state index < -0.39 is 0 Å². The summed E-state index contributed by atoms with van der Waals surface area (Å²) in [7, 11) is 0. The summed E-state index contributed by atoms with van der Waals surface area (Å²) >= 11 is 0. The van der Waals surface area contributed by atoms with Crippen molar-refractivity contribution in [3.05, 3.63) is 0 Å². The van der Waals surface area contributed by atoms with Crippen LogP contribution in [0.25, 0.3) is 0 Å². The minimum absolute atomic E-state index is 0.571. The molecule has 2 heterocycles. The number of hydrogen-bond acceptors (Lipinski definition) is 2. The molecule has 0 saturated carbocycles. The minimum atomic E-state index is 0.571. The fraction of sp³-hybridized carbons (Fsp3) is 1.00. The van der Waals surface area contributed by atoms with Gasteiger partial charge in [0.1, 0.15) is 0 Å². The zero-order chi connectivity index (χ0) is 9.86. The van der Waals surface area contributed by atoms with Crippen LogP contribution in [0, 0.1) is 11.3 Å². The van der Waals surface area contributed by atoms with E-state index in [4.69, 9.17) is 4.74 Å². The molecule has 0 spiro atoms. The van der Waals surface area contributed by atoms with Crippen LogP contribution in [-0.4, -0.2) is 26.3 Å². The Morgan fingerprint density at radius 1 is 1.36 bits per heavy atom. The molecule has 0 aromatic carbocycles. The van der Waals surface area contributed by atoms with Crippen LogP contribution in [0.2, 0.25) is 0 Å². The average Bonchev–Trinajstić information content (AvgIpc) is 2.19. The van der Waals surface area contributed by atoms with Crippen LogP contribution in [0.3, 0.4) is 0 Å². The van der Waals surface area contributed by atoms with E-state index in [2.05, 4.69) is 12.2 Å². The summed E-state index contributed by atoms with van der Waals surface area (Å²) in [6.07, 6.45) is 6.75. The van der Waals surface area contributed by atoms with Crippen molar-refractivity contribution in [3.63, 3.8) is 0 Å². The van der Waals surface area contributed by atoms with Crippen molar-refractivity contribution in [1.29, 1.82) is 0 Å². The number of hydrogen-bond donors (Lipinski definition) is 1. The molecule has 2 saturated heterocycles. The van der Waals surface area contributed by atoms with Crippen molar-refractivity contribution in [1.82, 2.24) is 5.32 Å². The number of nitrogens with one attached hydrogen (secondary N) is 1. The van der Waals surface area contributed by atoms with E-state index in [1.807, 2.05) is 0 Å². The van der Waals surface area contributed by atoms with Crippen molar-refractivity contribution in [3.8, 4) is 0 Å². The van der Waals surface area contributed by atoms with Crippen molar-refractivity contribution in [2.45, 2.75) is 39.0 Å². The molecule has 1 unspecified atom stereocenters. The van der Waals surface area contributed by atoms with Crippen LogP contribution in [0.1, 0.15) is 39.0 Å². The molecule has 2 heteroatoms. The second kappa shape index (κ2) is 4.63. The molecule has 0 bridgehead atoms. The summed E-state index contributed by atoms with van der Waals surface area (Å²) in [5.41, 5.74) is 0.571. The molecule has 0 aromatic heterocycles. The molecule has 0 aromatic rings. The van der Waals surface area contributed by atoms with Crippen LogP contribution < -0.4 is 5.32 Å². The summed E-state index contributed by atoms with van der Waals surface area (Å²) in [5.74, 6) is 0.923. The number of rotatable bonds is 2. The predicted molar refractivity (Wildman–Crippen MR) is 58.4 cm³/mol. The standard InChI is InChI=1S/C12H23NO/c1-12(4-7-14-8-5-12)9-11-3-2-6-13-10-11/h11,13H,2-10H2,1H3. The highest BCUT2D eigenvalue weighted by Gasteiger charge is 2.30. The van der Waals surface area contributed by atoms with E-state index in [1.165, 1.54) is 45.2 Å². The van der Waals surface area contributed by atoms with E-state index in [0.29, 0.717) is 5.41 Å². The van der Waals surface area contributed by atoms with Gasteiger partial charge in [0.25, 0.3) is 0 Å². The van der Waals surface area contributed by atoms with E-state index in [-0.39, 0.29) is 0 Å². The van der Waals surface area contributed by atoms with Gasteiger partial charge in [0, 0.05) is 13.2 Å². The maximum atomic E-state index is 5.44. The first-order chi connectivity index (χ1) is 6.79. The number of piperidine rings is 1. The van der Waals surface area contributed by atoms with Crippen LogP contribution in [-0.2, 0) is 4.74 Å². The van der Waals surface area contributed by atoms with Crippen molar-refractivity contribution < 1.29 is 4.74 Å². The lowest BCUT2D eigenvalue weighted by Gasteiger charge is -2.37. The summed E-state index contributed by atoms with van der Waals surface area (Å²) in [4.78, 5) is 0. The Hall–Kier alpha value is -0.0800. The maximum Gasteiger partial charge on any atom is 0.0471 e. The predicted octanol–water partition coefficient (Wildman–Crippen LogP) is 2.19. The Kier molecular flexibility index (Phi) is 3.45. The highest BCUT2D eigenvalue weighted by molar-refractivity contribution is 4.82. The van der Waals surface area contributed by atoms with Gasteiger partial charge in [-0.25, -0.2) is 0 Å². The van der Waals surface area contributed by atoms with Crippen molar-refractivity contribution in [2.24, 2.45) is 11.3 Å². The van der Waals surface area contributed by atoms with E-state index in [9.17, 15) is 0 Å². The lowest BCUT2D eigenvalue weighted by atomic mass is 9.73. The Morgan fingerprint density at radius 2 is 2.14 bits per heavy atom. The van der Waals surface area contributed by atoms with Gasteiger partial charge < -0.3 is 10.1 Å². The molecule has 1 atom stereocenters. The first-order valence-electron chi connectivity index (χ1n) is 6.07. The van der Waals surface area contributed by atoms with Crippen LogP contribution in [0.5, 0.6) is 0 Å². The van der Waals surface area contributed by atoms with Crippen molar-refractivity contribution >= 4 is 0 Å². The average molecular weight is 197 g/mol. The Bertz CT molecular complexity index is 169. The fourth-order valence-electron chi connectivity index (χ4n) is 2.86. The zero-order valence-electron chi connectivity index (χ0n) is 9.35. The number of ether oxygens (including phenoxy) is 1.